The van der Waals surface area contributed by atoms with E-state index in [0.29, 0.717) is 24.6 Å². The lowest BCUT2D eigenvalue weighted by molar-refractivity contribution is -0.116. The molecule has 0 aliphatic heterocycles. The lowest BCUT2D eigenvalue weighted by atomic mass is 10.1. The number of benzene rings is 1. The second-order valence-electron chi connectivity index (χ2n) is 4.28. The Kier molecular flexibility index (Phi) is 5.58. The van der Waals surface area contributed by atoms with Crippen molar-refractivity contribution in [3.05, 3.63) is 24.0 Å². The number of rotatable bonds is 6. The molecule has 100 valence electrons. The standard InChI is InChI=1S/C13H19FN2O2/c1-9(8-15)3-6-13(17)16-10-4-5-12(18-2)11(14)7-10/h4-5,7,9H,3,6,8,15H2,1-2H3,(H,16,17). The van der Waals surface area contributed by atoms with Gasteiger partial charge in [-0.1, -0.05) is 6.92 Å². The third kappa shape index (κ3) is 4.33. The molecule has 0 radical (unpaired) electrons. The fourth-order valence-electron chi connectivity index (χ4n) is 1.46. The van der Waals surface area contributed by atoms with Crippen LogP contribution < -0.4 is 15.8 Å². The molecule has 0 spiro atoms. The number of anilines is 1. The molecule has 0 aliphatic rings. The molecule has 0 bridgehead atoms. The monoisotopic (exact) mass is 254 g/mol. The summed E-state index contributed by atoms with van der Waals surface area (Å²) in [5.74, 6) is -0.168. The average molecular weight is 254 g/mol. The number of carbonyl (C=O) groups excluding carboxylic acids is 1. The molecule has 0 aromatic heterocycles. The fraction of sp³-hybridized carbons (Fsp3) is 0.462. The van der Waals surface area contributed by atoms with Gasteiger partial charge < -0.3 is 15.8 Å². The van der Waals surface area contributed by atoms with Gasteiger partial charge in [0.15, 0.2) is 11.6 Å². The van der Waals surface area contributed by atoms with Gasteiger partial charge in [0.25, 0.3) is 0 Å². The second-order valence-corrected chi connectivity index (χ2v) is 4.28. The Labute approximate surface area is 106 Å². The molecule has 1 aromatic carbocycles. The molecule has 4 nitrogen and oxygen atoms in total. The summed E-state index contributed by atoms with van der Waals surface area (Å²) in [6.07, 6.45) is 1.10. The lowest BCUT2D eigenvalue weighted by Crippen LogP contribution is -2.16. The van der Waals surface area contributed by atoms with Crippen molar-refractivity contribution in [2.24, 2.45) is 11.7 Å². The molecular formula is C13H19FN2O2. The number of halogens is 1. The molecule has 18 heavy (non-hydrogen) atoms. The van der Waals surface area contributed by atoms with Crippen LogP contribution >= 0.6 is 0 Å². The van der Waals surface area contributed by atoms with Crippen LogP contribution in [0.3, 0.4) is 0 Å². The Morgan fingerprint density at radius 1 is 1.56 bits per heavy atom. The van der Waals surface area contributed by atoms with Gasteiger partial charge in [0.05, 0.1) is 7.11 Å². The lowest BCUT2D eigenvalue weighted by Gasteiger charge is -2.09. The molecule has 0 fully saturated rings. The molecule has 0 saturated carbocycles. The van der Waals surface area contributed by atoms with Crippen LogP contribution in [-0.2, 0) is 4.79 Å². The predicted molar refractivity (Wildman–Crippen MR) is 69.0 cm³/mol. The zero-order chi connectivity index (χ0) is 13.5. The third-order valence-electron chi connectivity index (χ3n) is 2.70. The smallest absolute Gasteiger partial charge is 0.224 e. The average Bonchev–Trinajstić information content (AvgIpc) is 2.36. The maximum absolute atomic E-state index is 13.4. The van der Waals surface area contributed by atoms with Gasteiger partial charge >= 0.3 is 0 Å². The highest BCUT2D eigenvalue weighted by Gasteiger charge is 2.08. The number of hydrogen-bond donors (Lipinski definition) is 2. The number of amides is 1. The van der Waals surface area contributed by atoms with Gasteiger partial charge in [-0.15, -0.1) is 0 Å². The van der Waals surface area contributed by atoms with E-state index in [4.69, 9.17) is 10.5 Å². The minimum Gasteiger partial charge on any atom is -0.494 e. The van der Waals surface area contributed by atoms with Crippen LogP contribution in [0.25, 0.3) is 0 Å². The molecule has 3 N–H and O–H groups in total. The number of methoxy groups -OCH3 is 1. The third-order valence-corrected chi connectivity index (χ3v) is 2.70. The summed E-state index contributed by atoms with van der Waals surface area (Å²) in [7, 11) is 1.39. The molecule has 1 atom stereocenters. The molecule has 1 rings (SSSR count). The molecule has 1 unspecified atom stereocenters. The van der Waals surface area contributed by atoms with Crippen LogP contribution in [0.1, 0.15) is 19.8 Å². The van der Waals surface area contributed by atoms with E-state index >= 15 is 0 Å². The van der Waals surface area contributed by atoms with Crippen molar-refractivity contribution in [3.63, 3.8) is 0 Å². The van der Waals surface area contributed by atoms with E-state index in [1.54, 1.807) is 6.07 Å². The van der Waals surface area contributed by atoms with Crippen LogP contribution in [-0.4, -0.2) is 19.6 Å². The highest BCUT2D eigenvalue weighted by molar-refractivity contribution is 5.90. The summed E-state index contributed by atoms with van der Waals surface area (Å²) in [4.78, 5) is 11.6. The number of nitrogens with two attached hydrogens (primary N) is 1. The van der Waals surface area contributed by atoms with Crippen molar-refractivity contribution < 1.29 is 13.9 Å². The van der Waals surface area contributed by atoms with Crippen molar-refractivity contribution in [2.45, 2.75) is 19.8 Å². The fourth-order valence-corrected chi connectivity index (χ4v) is 1.46. The predicted octanol–water partition coefficient (Wildman–Crippen LogP) is 2.15. The van der Waals surface area contributed by atoms with Gasteiger partial charge in [0.1, 0.15) is 0 Å². The topological polar surface area (TPSA) is 64.3 Å². The van der Waals surface area contributed by atoms with Gasteiger partial charge in [-0.25, -0.2) is 4.39 Å². The Morgan fingerprint density at radius 2 is 2.28 bits per heavy atom. The van der Waals surface area contributed by atoms with E-state index in [2.05, 4.69) is 5.32 Å². The molecule has 0 heterocycles. The Balaban J connectivity index is 2.52. The van der Waals surface area contributed by atoms with Crippen molar-refractivity contribution in [1.82, 2.24) is 0 Å². The summed E-state index contributed by atoms with van der Waals surface area (Å²) >= 11 is 0. The minimum absolute atomic E-state index is 0.139. The van der Waals surface area contributed by atoms with E-state index in [-0.39, 0.29) is 11.7 Å². The van der Waals surface area contributed by atoms with E-state index in [1.165, 1.54) is 19.2 Å². The van der Waals surface area contributed by atoms with E-state index in [9.17, 15) is 9.18 Å². The van der Waals surface area contributed by atoms with E-state index in [0.717, 1.165) is 6.42 Å². The number of hydrogen-bond acceptors (Lipinski definition) is 3. The summed E-state index contributed by atoms with van der Waals surface area (Å²) < 4.78 is 18.2. The normalized spacial score (nSPS) is 12.0. The van der Waals surface area contributed by atoms with Gasteiger partial charge in [-0.05, 0) is 31.0 Å². The number of nitrogens with one attached hydrogen (secondary N) is 1. The molecule has 5 heteroatoms. The van der Waals surface area contributed by atoms with Crippen LogP contribution in [0.15, 0.2) is 18.2 Å². The molecular weight excluding hydrogens is 235 g/mol. The zero-order valence-electron chi connectivity index (χ0n) is 10.7. The van der Waals surface area contributed by atoms with Crippen molar-refractivity contribution in [2.75, 3.05) is 19.0 Å². The van der Waals surface area contributed by atoms with Gasteiger partial charge in [0.2, 0.25) is 5.91 Å². The van der Waals surface area contributed by atoms with Crippen LogP contribution in [0.5, 0.6) is 5.75 Å². The first-order valence-electron chi connectivity index (χ1n) is 5.90. The van der Waals surface area contributed by atoms with Crippen molar-refractivity contribution in [3.8, 4) is 5.75 Å². The van der Waals surface area contributed by atoms with Crippen LogP contribution in [0.2, 0.25) is 0 Å². The SMILES string of the molecule is COc1ccc(NC(=O)CCC(C)CN)cc1F. The van der Waals surface area contributed by atoms with E-state index < -0.39 is 5.82 Å². The Hall–Kier alpha value is -1.62. The van der Waals surface area contributed by atoms with Gasteiger partial charge in [-0.2, -0.15) is 0 Å². The van der Waals surface area contributed by atoms with Crippen molar-refractivity contribution >= 4 is 11.6 Å². The number of carbonyl (C=O) groups is 1. The van der Waals surface area contributed by atoms with E-state index in [1.807, 2.05) is 6.92 Å². The summed E-state index contributed by atoms with van der Waals surface area (Å²) in [5, 5.41) is 2.64. The summed E-state index contributed by atoms with van der Waals surface area (Å²) in [6, 6.07) is 4.32. The zero-order valence-corrected chi connectivity index (χ0v) is 10.7. The molecule has 0 saturated heterocycles. The molecule has 1 amide bonds. The highest BCUT2D eigenvalue weighted by Crippen LogP contribution is 2.20. The first-order chi connectivity index (χ1) is 8.56. The van der Waals surface area contributed by atoms with Gasteiger partial charge in [0, 0.05) is 18.2 Å². The quantitative estimate of drug-likeness (QED) is 0.817. The first-order valence-corrected chi connectivity index (χ1v) is 5.90. The summed E-state index contributed by atoms with van der Waals surface area (Å²) in [5.41, 5.74) is 5.90. The molecule has 1 aromatic rings. The van der Waals surface area contributed by atoms with Gasteiger partial charge in [-0.3, -0.25) is 4.79 Å². The largest absolute Gasteiger partial charge is 0.494 e. The maximum Gasteiger partial charge on any atom is 0.224 e. The van der Waals surface area contributed by atoms with Crippen LogP contribution in [0.4, 0.5) is 10.1 Å². The maximum atomic E-state index is 13.4. The first kappa shape index (κ1) is 14.4. The Morgan fingerprint density at radius 3 is 2.83 bits per heavy atom. The number of ether oxygens (including phenoxy) is 1. The molecule has 0 aliphatic carbocycles. The minimum atomic E-state index is -0.495. The second kappa shape index (κ2) is 6.96. The Bertz CT molecular complexity index is 410. The van der Waals surface area contributed by atoms with Crippen LogP contribution in [0, 0.1) is 11.7 Å². The summed E-state index contributed by atoms with van der Waals surface area (Å²) in [6.45, 7) is 2.55. The van der Waals surface area contributed by atoms with Crippen molar-refractivity contribution in [1.29, 1.82) is 0 Å². The highest BCUT2D eigenvalue weighted by atomic mass is 19.1.